The number of benzene rings is 1. The molecule has 0 spiro atoms. The van der Waals surface area contributed by atoms with E-state index in [1.165, 1.54) is 29.5 Å². The molecule has 128 valence electrons. The molecule has 2 heterocycles. The Kier molecular flexibility index (Phi) is 4.44. The number of carbonyl (C=O) groups excluding carboxylic acids is 1. The van der Waals surface area contributed by atoms with E-state index in [0.717, 1.165) is 49.7 Å². The number of thiazole rings is 1. The highest BCUT2D eigenvalue weighted by molar-refractivity contribution is 7.22. The van der Waals surface area contributed by atoms with Crippen LogP contribution in [0.15, 0.2) is 18.2 Å². The highest BCUT2D eigenvalue weighted by Crippen LogP contribution is 2.31. The number of piperazine rings is 1. The summed E-state index contributed by atoms with van der Waals surface area (Å²) in [6.07, 6.45) is 5.93. The van der Waals surface area contributed by atoms with Crippen LogP contribution in [0.1, 0.15) is 37.7 Å². The van der Waals surface area contributed by atoms with Gasteiger partial charge < -0.3 is 9.80 Å². The first-order valence-electron chi connectivity index (χ1n) is 9.11. The van der Waals surface area contributed by atoms with Crippen molar-refractivity contribution in [2.24, 2.45) is 5.92 Å². The van der Waals surface area contributed by atoms with Gasteiger partial charge in [0.1, 0.15) is 0 Å². The third-order valence-corrected chi connectivity index (χ3v) is 6.43. The Balaban J connectivity index is 1.40. The monoisotopic (exact) mass is 343 g/mol. The van der Waals surface area contributed by atoms with Crippen molar-refractivity contribution in [1.29, 1.82) is 0 Å². The molecule has 5 heteroatoms. The van der Waals surface area contributed by atoms with Gasteiger partial charge in [0.2, 0.25) is 5.91 Å². The highest BCUT2D eigenvalue weighted by Gasteiger charge is 2.29. The van der Waals surface area contributed by atoms with Crippen LogP contribution in [0.25, 0.3) is 10.2 Å². The summed E-state index contributed by atoms with van der Waals surface area (Å²) in [6.45, 7) is 5.59. The van der Waals surface area contributed by atoms with Gasteiger partial charge in [-0.15, -0.1) is 0 Å². The summed E-state index contributed by atoms with van der Waals surface area (Å²) in [5.41, 5.74) is 2.36. The molecule has 0 atom stereocenters. The number of nitrogens with zero attached hydrogens (tertiary/aromatic N) is 3. The molecule has 1 aliphatic carbocycles. The summed E-state index contributed by atoms with van der Waals surface area (Å²) < 4.78 is 1.26. The average Bonchev–Trinajstić information content (AvgIpc) is 3.05. The quantitative estimate of drug-likeness (QED) is 0.831. The number of anilines is 1. The summed E-state index contributed by atoms with van der Waals surface area (Å²) in [5, 5.41) is 1.10. The smallest absolute Gasteiger partial charge is 0.225 e. The van der Waals surface area contributed by atoms with E-state index in [9.17, 15) is 4.79 Å². The lowest BCUT2D eigenvalue weighted by molar-refractivity contribution is -0.136. The van der Waals surface area contributed by atoms with Gasteiger partial charge in [0, 0.05) is 32.1 Å². The van der Waals surface area contributed by atoms with Gasteiger partial charge in [-0.3, -0.25) is 4.79 Å². The van der Waals surface area contributed by atoms with E-state index in [2.05, 4.69) is 34.9 Å². The summed E-state index contributed by atoms with van der Waals surface area (Å²) >= 11 is 1.77. The number of carbonyl (C=O) groups is 1. The predicted molar refractivity (Wildman–Crippen MR) is 99.7 cm³/mol. The average molecular weight is 343 g/mol. The minimum Gasteiger partial charge on any atom is -0.345 e. The van der Waals surface area contributed by atoms with Gasteiger partial charge in [0.25, 0.3) is 0 Å². The fraction of sp³-hybridized carbons (Fsp3) is 0.579. The first kappa shape index (κ1) is 15.9. The normalized spacial score (nSPS) is 19.9. The second-order valence-corrected chi connectivity index (χ2v) is 8.12. The van der Waals surface area contributed by atoms with Crippen LogP contribution < -0.4 is 4.90 Å². The second kappa shape index (κ2) is 6.71. The lowest BCUT2D eigenvalue weighted by Crippen LogP contribution is -2.50. The number of aryl methyl sites for hydroxylation is 1. The Labute approximate surface area is 147 Å². The van der Waals surface area contributed by atoms with Crippen LogP contribution in [0.2, 0.25) is 0 Å². The van der Waals surface area contributed by atoms with E-state index in [1.807, 2.05) is 0 Å². The maximum absolute atomic E-state index is 12.7. The lowest BCUT2D eigenvalue weighted by atomic mass is 9.88. The van der Waals surface area contributed by atoms with Gasteiger partial charge in [0.15, 0.2) is 5.13 Å². The Morgan fingerprint density at radius 2 is 1.88 bits per heavy atom. The fourth-order valence-electron chi connectivity index (χ4n) is 3.88. The van der Waals surface area contributed by atoms with Crippen LogP contribution in [0.5, 0.6) is 0 Å². The fourth-order valence-corrected chi connectivity index (χ4v) is 5.00. The molecule has 1 saturated carbocycles. The van der Waals surface area contributed by atoms with Crippen LogP contribution in [0, 0.1) is 12.8 Å². The molecule has 0 radical (unpaired) electrons. The van der Waals surface area contributed by atoms with Crippen LogP contribution in [-0.4, -0.2) is 42.0 Å². The number of fused-ring (bicyclic) bond motifs is 1. The van der Waals surface area contributed by atoms with Crippen LogP contribution in [0.3, 0.4) is 0 Å². The molecule has 2 aliphatic rings. The van der Waals surface area contributed by atoms with Crippen molar-refractivity contribution in [3.8, 4) is 0 Å². The van der Waals surface area contributed by atoms with Gasteiger partial charge in [-0.2, -0.15) is 0 Å². The van der Waals surface area contributed by atoms with Crippen LogP contribution in [-0.2, 0) is 4.79 Å². The van der Waals surface area contributed by atoms with E-state index in [0.29, 0.717) is 5.91 Å². The molecular weight excluding hydrogens is 318 g/mol. The molecular formula is C19H25N3OS. The number of hydrogen-bond acceptors (Lipinski definition) is 4. The molecule has 1 saturated heterocycles. The first-order valence-corrected chi connectivity index (χ1v) is 9.93. The molecule has 0 N–H and O–H groups in total. The van der Waals surface area contributed by atoms with Crippen LogP contribution in [0.4, 0.5) is 5.13 Å². The third-order valence-electron chi connectivity index (χ3n) is 5.35. The van der Waals surface area contributed by atoms with E-state index < -0.39 is 0 Å². The largest absolute Gasteiger partial charge is 0.345 e. The Hall–Kier alpha value is -1.62. The Bertz CT molecular complexity index is 727. The van der Waals surface area contributed by atoms with Gasteiger partial charge >= 0.3 is 0 Å². The number of hydrogen-bond donors (Lipinski definition) is 0. The van der Waals surface area contributed by atoms with Crippen molar-refractivity contribution in [1.82, 2.24) is 9.88 Å². The van der Waals surface area contributed by atoms with Crippen molar-refractivity contribution < 1.29 is 4.79 Å². The molecule has 1 aromatic carbocycles. The van der Waals surface area contributed by atoms with Gasteiger partial charge in [-0.1, -0.05) is 36.7 Å². The summed E-state index contributed by atoms with van der Waals surface area (Å²) in [7, 11) is 0. The lowest BCUT2D eigenvalue weighted by Gasteiger charge is -2.37. The van der Waals surface area contributed by atoms with Crippen molar-refractivity contribution in [2.45, 2.75) is 39.0 Å². The molecule has 1 amide bonds. The van der Waals surface area contributed by atoms with E-state index in [-0.39, 0.29) is 5.92 Å². The van der Waals surface area contributed by atoms with Crippen molar-refractivity contribution in [3.63, 3.8) is 0 Å². The molecule has 2 aromatic rings. The summed E-state index contributed by atoms with van der Waals surface area (Å²) in [4.78, 5) is 21.9. The van der Waals surface area contributed by atoms with Crippen molar-refractivity contribution in [2.75, 3.05) is 31.1 Å². The minimum atomic E-state index is 0.288. The van der Waals surface area contributed by atoms with E-state index in [1.54, 1.807) is 11.3 Å². The van der Waals surface area contributed by atoms with Crippen molar-refractivity contribution >= 4 is 32.6 Å². The van der Waals surface area contributed by atoms with Crippen LogP contribution >= 0.6 is 11.3 Å². The molecule has 0 unspecified atom stereocenters. The molecule has 24 heavy (non-hydrogen) atoms. The zero-order valence-electron chi connectivity index (χ0n) is 14.3. The third kappa shape index (κ3) is 3.14. The number of aromatic nitrogens is 1. The Morgan fingerprint density at radius 3 is 2.62 bits per heavy atom. The standard InChI is InChI=1S/C19H25N3OS/c1-14-7-8-16-17(13-14)24-19(20-16)22-11-9-21(10-12-22)18(23)15-5-3-2-4-6-15/h7-8,13,15H,2-6,9-12H2,1H3. The molecule has 1 aliphatic heterocycles. The summed E-state index contributed by atoms with van der Waals surface area (Å²) in [5.74, 6) is 0.685. The van der Waals surface area contributed by atoms with Gasteiger partial charge in [-0.05, 0) is 37.5 Å². The SMILES string of the molecule is Cc1ccc2nc(N3CCN(C(=O)C4CCCCC4)CC3)sc2c1. The number of amides is 1. The van der Waals surface area contributed by atoms with Gasteiger partial charge in [-0.25, -0.2) is 4.98 Å². The first-order chi connectivity index (χ1) is 11.7. The topological polar surface area (TPSA) is 36.4 Å². The maximum atomic E-state index is 12.7. The maximum Gasteiger partial charge on any atom is 0.225 e. The van der Waals surface area contributed by atoms with Gasteiger partial charge in [0.05, 0.1) is 10.2 Å². The second-order valence-electron chi connectivity index (χ2n) is 7.11. The zero-order valence-corrected chi connectivity index (χ0v) is 15.1. The van der Waals surface area contributed by atoms with E-state index in [4.69, 9.17) is 4.98 Å². The number of rotatable bonds is 2. The molecule has 4 rings (SSSR count). The predicted octanol–water partition coefficient (Wildman–Crippen LogP) is 3.83. The minimum absolute atomic E-state index is 0.288. The summed E-state index contributed by atoms with van der Waals surface area (Å²) in [6, 6.07) is 6.43. The molecule has 2 fully saturated rings. The molecule has 0 bridgehead atoms. The zero-order chi connectivity index (χ0) is 16.5. The Morgan fingerprint density at radius 1 is 1.12 bits per heavy atom. The van der Waals surface area contributed by atoms with E-state index >= 15 is 0 Å². The molecule has 1 aromatic heterocycles. The highest BCUT2D eigenvalue weighted by atomic mass is 32.1. The van der Waals surface area contributed by atoms with Crippen molar-refractivity contribution in [3.05, 3.63) is 23.8 Å². The molecule has 4 nitrogen and oxygen atoms in total.